The second-order valence-electron chi connectivity index (χ2n) is 3.94. The molecule has 0 saturated heterocycles. The SMILES string of the molecule is CC(C)Oc1cncc(-c2ccccc2)c1. The van der Waals surface area contributed by atoms with Crippen LogP contribution in [0.15, 0.2) is 48.8 Å². The third-order valence-corrected chi connectivity index (χ3v) is 2.19. The first kappa shape index (κ1) is 10.7. The number of pyridine rings is 1. The van der Waals surface area contributed by atoms with Crippen molar-refractivity contribution in [3.63, 3.8) is 0 Å². The lowest BCUT2D eigenvalue weighted by atomic mass is 10.1. The van der Waals surface area contributed by atoms with Crippen LogP contribution in [0.4, 0.5) is 0 Å². The summed E-state index contributed by atoms with van der Waals surface area (Å²) < 4.78 is 5.61. The van der Waals surface area contributed by atoms with E-state index in [0.29, 0.717) is 0 Å². The van der Waals surface area contributed by atoms with Crippen LogP contribution in [0, 0.1) is 0 Å². The number of benzene rings is 1. The Kier molecular flexibility index (Phi) is 3.20. The lowest BCUT2D eigenvalue weighted by Gasteiger charge is -2.10. The number of hydrogen-bond donors (Lipinski definition) is 0. The average Bonchev–Trinajstić information content (AvgIpc) is 2.30. The lowest BCUT2D eigenvalue weighted by Crippen LogP contribution is -2.05. The molecule has 0 spiro atoms. The minimum Gasteiger partial charge on any atom is -0.489 e. The lowest BCUT2D eigenvalue weighted by molar-refractivity contribution is 0.241. The molecule has 1 aromatic carbocycles. The molecule has 0 aliphatic carbocycles. The molecule has 1 aromatic heterocycles. The van der Waals surface area contributed by atoms with Gasteiger partial charge in [-0.25, -0.2) is 0 Å². The van der Waals surface area contributed by atoms with Crippen LogP contribution in [0.2, 0.25) is 0 Å². The summed E-state index contributed by atoms with van der Waals surface area (Å²) in [6.45, 7) is 4.02. The third kappa shape index (κ3) is 2.60. The summed E-state index contributed by atoms with van der Waals surface area (Å²) in [5, 5.41) is 0. The Hall–Kier alpha value is -1.83. The molecule has 0 radical (unpaired) electrons. The van der Waals surface area contributed by atoms with Gasteiger partial charge in [0.15, 0.2) is 0 Å². The van der Waals surface area contributed by atoms with E-state index in [-0.39, 0.29) is 6.10 Å². The summed E-state index contributed by atoms with van der Waals surface area (Å²) in [5.41, 5.74) is 2.24. The molecule has 0 bridgehead atoms. The zero-order valence-corrected chi connectivity index (χ0v) is 9.55. The highest BCUT2D eigenvalue weighted by atomic mass is 16.5. The van der Waals surface area contributed by atoms with Gasteiger partial charge in [-0.15, -0.1) is 0 Å². The quantitative estimate of drug-likeness (QED) is 0.778. The maximum absolute atomic E-state index is 5.61. The van der Waals surface area contributed by atoms with Gasteiger partial charge in [0, 0.05) is 11.8 Å². The molecule has 82 valence electrons. The van der Waals surface area contributed by atoms with Gasteiger partial charge in [-0.3, -0.25) is 4.98 Å². The van der Waals surface area contributed by atoms with Crippen molar-refractivity contribution in [3.8, 4) is 16.9 Å². The second-order valence-corrected chi connectivity index (χ2v) is 3.94. The van der Waals surface area contributed by atoms with Crippen LogP contribution in [0.3, 0.4) is 0 Å². The Bertz CT molecular complexity index is 451. The van der Waals surface area contributed by atoms with Crippen molar-refractivity contribution in [2.24, 2.45) is 0 Å². The van der Waals surface area contributed by atoms with E-state index in [4.69, 9.17) is 4.74 Å². The van der Waals surface area contributed by atoms with Crippen LogP contribution in [-0.4, -0.2) is 11.1 Å². The van der Waals surface area contributed by atoms with Gasteiger partial charge in [0.05, 0.1) is 12.3 Å². The highest BCUT2D eigenvalue weighted by molar-refractivity contribution is 5.63. The average molecular weight is 213 g/mol. The highest BCUT2D eigenvalue weighted by Crippen LogP contribution is 2.22. The maximum atomic E-state index is 5.61. The van der Waals surface area contributed by atoms with Gasteiger partial charge < -0.3 is 4.74 Å². The van der Waals surface area contributed by atoms with Gasteiger partial charge in [0.25, 0.3) is 0 Å². The van der Waals surface area contributed by atoms with Crippen LogP contribution < -0.4 is 4.74 Å². The zero-order chi connectivity index (χ0) is 11.4. The molecule has 0 unspecified atom stereocenters. The molecular formula is C14H15NO. The summed E-state index contributed by atoms with van der Waals surface area (Å²) in [5.74, 6) is 0.816. The normalized spacial score (nSPS) is 10.4. The number of ether oxygens (including phenoxy) is 1. The monoisotopic (exact) mass is 213 g/mol. The van der Waals surface area contributed by atoms with Gasteiger partial charge >= 0.3 is 0 Å². The van der Waals surface area contributed by atoms with Crippen molar-refractivity contribution in [3.05, 3.63) is 48.8 Å². The summed E-state index contributed by atoms with van der Waals surface area (Å²) in [4.78, 5) is 4.19. The van der Waals surface area contributed by atoms with Crippen molar-refractivity contribution >= 4 is 0 Å². The van der Waals surface area contributed by atoms with Crippen molar-refractivity contribution in [2.45, 2.75) is 20.0 Å². The van der Waals surface area contributed by atoms with Crippen molar-refractivity contribution in [1.82, 2.24) is 4.98 Å². The summed E-state index contributed by atoms with van der Waals surface area (Å²) >= 11 is 0. The van der Waals surface area contributed by atoms with Crippen molar-refractivity contribution in [2.75, 3.05) is 0 Å². The van der Waals surface area contributed by atoms with Gasteiger partial charge in [-0.1, -0.05) is 30.3 Å². The van der Waals surface area contributed by atoms with Crippen LogP contribution in [0.5, 0.6) is 5.75 Å². The maximum Gasteiger partial charge on any atom is 0.138 e. The molecule has 0 aliphatic rings. The minimum absolute atomic E-state index is 0.174. The van der Waals surface area contributed by atoms with Crippen LogP contribution in [0.25, 0.3) is 11.1 Å². The van der Waals surface area contributed by atoms with Gasteiger partial charge in [0.1, 0.15) is 5.75 Å². The predicted octanol–water partition coefficient (Wildman–Crippen LogP) is 3.54. The van der Waals surface area contributed by atoms with Gasteiger partial charge in [-0.2, -0.15) is 0 Å². The van der Waals surface area contributed by atoms with E-state index in [9.17, 15) is 0 Å². The predicted molar refractivity (Wildman–Crippen MR) is 65.4 cm³/mol. The molecular weight excluding hydrogens is 198 g/mol. The molecule has 2 rings (SSSR count). The van der Waals surface area contributed by atoms with Crippen molar-refractivity contribution < 1.29 is 4.74 Å². The highest BCUT2D eigenvalue weighted by Gasteiger charge is 2.01. The van der Waals surface area contributed by atoms with E-state index in [1.807, 2.05) is 44.3 Å². The Morgan fingerprint density at radius 2 is 1.75 bits per heavy atom. The smallest absolute Gasteiger partial charge is 0.138 e. The fraction of sp³-hybridized carbons (Fsp3) is 0.214. The standard InChI is InChI=1S/C14H15NO/c1-11(2)16-14-8-13(9-15-10-14)12-6-4-3-5-7-12/h3-11H,1-2H3. The molecule has 2 aromatic rings. The summed E-state index contributed by atoms with van der Waals surface area (Å²) in [7, 11) is 0. The molecule has 16 heavy (non-hydrogen) atoms. The van der Waals surface area contributed by atoms with Gasteiger partial charge in [-0.05, 0) is 25.5 Å². The first-order valence-electron chi connectivity index (χ1n) is 5.43. The number of aromatic nitrogens is 1. The molecule has 2 nitrogen and oxygen atoms in total. The largest absolute Gasteiger partial charge is 0.489 e. The minimum atomic E-state index is 0.174. The Morgan fingerprint density at radius 1 is 1.00 bits per heavy atom. The van der Waals surface area contributed by atoms with E-state index in [2.05, 4.69) is 17.1 Å². The van der Waals surface area contributed by atoms with E-state index < -0.39 is 0 Å². The van der Waals surface area contributed by atoms with E-state index in [1.54, 1.807) is 6.20 Å². The first-order chi connectivity index (χ1) is 7.75. The number of nitrogens with zero attached hydrogens (tertiary/aromatic N) is 1. The van der Waals surface area contributed by atoms with E-state index in [0.717, 1.165) is 16.9 Å². The van der Waals surface area contributed by atoms with Crippen molar-refractivity contribution in [1.29, 1.82) is 0 Å². The molecule has 0 amide bonds. The van der Waals surface area contributed by atoms with Crippen LogP contribution >= 0.6 is 0 Å². The molecule has 0 saturated carbocycles. The fourth-order valence-corrected chi connectivity index (χ4v) is 1.54. The second kappa shape index (κ2) is 4.79. The summed E-state index contributed by atoms with van der Waals surface area (Å²) in [6, 6.07) is 12.2. The molecule has 1 heterocycles. The molecule has 0 aliphatic heterocycles. The van der Waals surface area contributed by atoms with E-state index in [1.165, 1.54) is 0 Å². The first-order valence-corrected chi connectivity index (χ1v) is 5.43. The van der Waals surface area contributed by atoms with Crippen LogP contribution in [-0.2, 0) is 0 Å². The number of rotatable bonds is 3. The van der Waals surface area contributed by atoms with Gasteiger partial charge in [0.2, 0.25) is 0 Å². The molecule has 0 N–H and O–H groups in total. The Balaban J connectivity index is 2.29. The topological polar surface area (TPSA) is 22.1 Å². The zero-order valence-electron chi connectivity index (χ0n) is 9.55. The fourth-order valence-electron chi connectivity index (χ4n) is 1.54. The summed E-state index contributed by atoms with van der Waals surface area (Å²) in [6.07, 6.45) is 3.77. The van der Waals surface area contributed by atoms with Crippen LogP contribution in [0.1, 0.15) is 13.8 Å². The van der Waals surface area contributed by atoms with E-state index >= 15 is 0 Å². The third-order valence-electron chi connectivity index (χ3n) is 2.19. The molecule has 0 fully saturated rings. The molecule has 0 atom stereocenters. The number of hydrogen-bond acceptors (Lipinski definition) is 2. The molecule has 2 heteroatoms. The Morgan fingerprint density at radius 3 is 2.44 bits per heavy atom. The Labute approximate surface area is 95.9 Å².